The van der Waals surface area contributed by atoms with E-state index >= 15 is 0 Å². The number of hydrogen-bond acceptors (Lipinski definition) is 3. The van der Waals surface area contributed by atoms with Crippen molar-refractivity contribution in [3.8, 4) is 17.0 Å². The molecule has 3 fully saturated rings. The normalized spacial score (nSPS) is 28.8. The SMILES string of the molecule is Cc1ccc(-c2ccc(OC3C4CCN(CC4)C3C)nc2)c(F)c1. The molecule has 0 radical (unpaired) electrons. The van der Waals surface area contributed by atoms with Crippen LogP contribution in [-0.2, 0) is 0 Å². The predicted molar refractivity (Wildman–Crippen MR) is 92.5 cm³/mol. The zero-order valence-corrected chi connectivity index (χ0v) is 14.2. The number of halogens is 1. The third-order valence-corrected chi connectivity index (χ3v) is 5.52. The van der Waals surface area contributed by atoms with E-state index in [1.165, 1.54) is 25.9 Å². The van der Waals surface area contributed by atoms with E-state index in [-0.39, 0.29) is 11.9 Å². The van der Waals surface area contributed by atoms with Crippen LogP contribution in [0.4, 0.5) is 4.39 Å². The van der Waals surface area contributed by atoms with Gasteiger partial charge in [0, 0.05) is 29.4 Å². The van der Waals surface area contributed by atoms with Crippen LogP contribution in [0.1, 0.15) is 25.3 Å². The number of fused-ring (bicyclic) bond motifs is 3. The largest absolute Gasteiger partial charge is 0.472 e. The lowest BCUT2D eigenvalue weighted by Crippen LogP contribution is -2.58. The van der Waals surface area contributed by atoms with Crippen molar-refractivity contribution in [1.82, 2.24) is 9.88 Å². The van der Waals surface area contributed by atoms with Crippen LogP contribution in [0.5, 0.6) is 5.88 Å². The summed E-state index contributed by atoms with van der Waals surface area (Å²) in [6, 6.07) is 9.46. The summed E-state index contributed by atoms with van der Waals surface area (Å²) in [5, 5.41) is 0. The molecule has 0 saturated carbocycles. The number of aromatic nitrogens is 1. The Bertz CT molecular complexity index is 721. The van der Waals surface area contributed by atoms with Crippen LogP contribution in [0.25, 0.3) is 11.1 Å². The minimum atomic E-state index is -0.212. The van der Waals surface area contributed by atoms with E-state index < -0.39 is 0 Å². The van der Waals surface area contributed by atoms with Crippen LogP contribution in [-0.4, -0.2) is 35.1 Å². The number of aryl methyl sites for hydroxylation is 1. The van der Waals surface area contributed by atoms with Crippen molar-refractivity contribution in [3.63, 3.8) is 0 Å². The topological polar surface area (TPSA) is 25.4 Å². The van der Waals surface area contributed by atoms with E-state index in [9.17, 15) is 4.39 Å². The molecule has 3 aliphatic rings. The zero-order valence-electron chi connectivity index (χ0n) is 14.2. The van der Waals surface area contributed by atoms with Crippen molar-refractivity contribution in [1.29, 1.82) is 0 Å². The Morgan fingerprint density at radius 3 is 2.58 bits per heavy atom. The predicted octanol–water partition coefficient (Wildman–Crippen LogP) is 4.06. The first-order valence-electron chi connectivity index (χ1n) is 8.75. The summed E-state index contributed by atoms with van der Waals surface area (Å²) in [4.78, 5) is 6.92. The van der Waals surface area contributed by atoms with Gasteiger partial charge in [0.05, 0.1) is 0 Å². The Morgan fingerprint density at radius 2 is 1.96 bits per heavy atom. The van der Waals surface area contributed by atoms with Crippen LogP contribution in [0.3, 0.4) is 0 Å². The van der Waals surface area contributed by atoms with Gasteiger partial charge in [-0.2, -0.15) is 0 Å². The van der Waals surface area contributed by atoms with E-state index in [2.05, 4.69) is 16.8 Å². The van der Waals surface area contributed by atoms with E-state index in [0.29, 0.717) is 23.4 Å². The third kappa shape index (κ3) is 2.80. The molecule has 0 amide bonds. The fraction of sp³-hybridized carbons (Fsp3) is 0.450. The zero-order chi connectivity index (χ0) is 16.7. The Balaban J connectivity index is 1.52. The van der Waals surface area contributed by atoms with Crippen LogP contribution >= 0.6 is 0 Å². The summed E-state index contributed by atoms with van der Waals surface area (Å²) >= 11 is 0. The molecule has 1 aromatic carbocycles. The summed E-state index contributed by atoms with van der Waals surface area (Å²) in [5.41, 5.74) is 2.28. The van der Waals surface area contributed by atoms with Crippen molar-refractivity contribution in [2.24, 2.45) is 5.92 Å². The number of nitrogens with zero attached hydrogens (tertiary/aromatic N) is 2. The molecule has 0 N–H and O–H groups in total. The quantitative estimate of drug-likeness (QED) is 0.850. The standard InChI is InChI=1S/C20H23FN2O/c1-13-3-5-17(18(21)11-13)16-4-6-19(22-12-16)24-20-14(2)23-9-7-15(20)8-10-23/h3-6,11-12,14-15,20H,7-10H2,1-2H3. The summed E-state index contributed by atoms with van der Waals surface area (Å²) in [6.07, 6.45) is 4.33. The highest BCUT2D eigenvalue weighted by atomic mass is 19.1. The van der Waals surface area contributed by atoms with Gasteiger partial charge in [0.25, 0.3) is 0 Å². The van der Waals surface area contributed by atoms with Gasteiger partial charge in [-0.15, -0.1) is 0 Å². The molecule has 0 spiro atoms. The van der Waals surface area contributed by atoms with Gasteiger partial charge in [-0.3, -0.25) is 4.90 Å². The number of benzene rings is 1. The third-order valence-electron chi connectivity index (χ3n) is 5.52. The second-order valence-corrected chi connectivity index (χ2v) is 7.06. The number of hydrogen-bond donors (Lipinski definition) is 0. The summed E-state index contributed by atoms with van der Waals surface area (Å²) in [7, 11) is 0. The number of pyridine rings is 1. The molecule has 5 rings (SSSR count). The second-order valence-electron chi connectivity index (χ2n) is 7.06. The van der Waals surface area contributed by atoms with Gasteiger partial charge in [0.15, 0.2) is 0 Å². The van der Waals surface area contributed by atoms with Gasteiger partial charge in [0.2, 0.25) is 5.88 Å². The first-order chi connectivity index (χ1) is 11.6. The van der Waals surface area contributed by atoms with Crippen molar-refractivity contribution >= 4 is 0 Å². The summed E-state index contributed by atoms with van der Waals surface area (Å²) < 4.78 is 20.3. The van der Waals surface area contributed by atoms with Gasteiger partial charge in [-0.1, -0.05) is 12.1 Å². The number of rotatable bonds is 3. The highest BCUT2D eigenvalue weighted by molar-refractivity contribution is 5.63. The summed E-state index contributed by atoms with van der Waals surface area (Å²) in [5.74, 6) is 1.05. The first kappa shape index (κ1) is 15.6. The van der Waals surface area contributed by atoms with E-state index in [1.54, 1.807) is 18.3 Å². The minimum absolute atomic E-state index is 0.210. The maximum atomic E-state index is 14.1. The molecule has 4 heteroatoms. The number of piperidine rings is 3. The Kier molecular flexibility index (Phi) is 4.01. The lowest BCUT2D eigenvalue weighted by molar-refractivity contribution is -0.0525. The van der Waals surface area contributed by atoms with Crippen LogP contribution in [0, 0.1) is 18.7 Å². The first-order valence-corrected chi connectivity index (χ1v) is 8.75. The smallest absolute Gasteiger partial charge is 0.213 e. The van der Waals surface area contributed by atoms with E-state index in [4.69, 9.17) is 4.74 Å². The molecule has 2 unspecified atom stereocenters. The van der Waals surface area contributed by atoms with Crippen LogP contribution in [0.15, 0.2) is 36.5 Å². The molecular weight excluding hydrogens is 303 g/mol. The van der Waals surface area contributed by atoms with Crippen molar-refractivity contribution in [2.45, 2.75) is 38.8 Å². The molecule has 24 heavy (non-hydrogen) atoms. The lowest BCUT2D eigenvalue weighted by atomic mass is 9.81. The number of ether oxygens (including phenoxy) is 1. The summed E-state index contributed by atoms with van der Waals surface area (Å²) in [6.45, 7) is 6.50. The highest BCUT2D eigenvalue weighted by Crippen LogP contribution is 2.34. The van der Waals surface area contributed by atoms with Gasteiger partial charge in [0.1, 0.15) is 11.9 Å². The Morgan fingerprint density at radius 1 is 1.17 bits per heavy atom. The average molecular weight is 326 g/mol. The van der Waals surface area contributed by atoms with E-state index in [1.807, 2.05) is 25.1 Å². The second kappa shape index (κ2) is 6.17. The fourth-order valence-electron chi connectivity index (χ4n) is 4.05. The molecule has 3 saturated heterocycles. The van der Waals surface area contributed by atoms with Crippen molar-refractivity contribution < 1.29 is 9.13 Å². The maximum absolute atomic E-state index is 14.1. The van der Waals surface area contributed by atoms with Gasteiger partial charge >= 0.3 is 0 Å². The van der Waals surface area contributed by atoms with Gasteiger partial charge < -0.3 is 4.74 Å². The molecule has 4 heterocycles. The average Bonchev–Trinajstić information content (AvgIpc) is 2.59. The molecular formula is C20H23FN2O. The molecule has 0 aliphatic carbocycles. The molecule has 1 aromatic heterocycles. The van der Waals surface area contributed by atoms with Gasteiger partial charge in [-0.25, -0.2) is 9.37 Å². The van der Waals surface area contributed by atoms with E-state index in [0.717, 1.165) is 11.1 Å². The molecule has 126 valence electrons. The van der Waals surface area contributed by atoms with Crippen LogP contribution < -0.4 is 4.74 Å². The van der Waals surface area contributed by atoms with Gasteiger partial charge in [-0.05, 0) is 63.4 Å². The Labute approximate surface area is 142 Å². The monoisotopic (exact) mass is 326 g/mol. The molecule has 3 nitrogen and oxygen atoms in total. The Hall–Kier alpha value is -1.94. The van der Waals surface area contributed by atoms with Crippen molar-refractivity contribution in [3.05, 3.63) is 47.9 Å². The fourth-order valence-corrected chi connectivity index (χ4v) is 4.05. The molecule has 3 aliphatic heterocycles. The maximum Gasteiger partial charge on any atom is 0.213 e. The highest BCUT2D eigenvalue weighted by Gasteiger charge is 2.41. The van der Waals surface area contributed by atoms with Crippen molar-refractivity contribution in [2.75, 3.05) is 13.1 Å². The lowest BCUT2D eigenvalue weighted by Gasteiger charge is -2.49. The molecule has 2 aromatic rings. The molecule has 2 bridgehead atoms. The minimum Gasteiger partial charge on any atom is -0.472 e. The van der Waals surface area contributed by atoms with Crippen LogP contribution in [0.2, 0.25) is 0 Å². The molecule has 2 atom stereocenters.